The van der Waals surface area contributed by atoms with E-state index in [1.807, 2.05) is 39.0 Å². The van der Waals surface area contributed by atoms with Gasteiger partial charge in [0.1, 0.15) is 11.9 Å². The SMILES string of the molecule is COc1cc(N2CCC[C@@H](OC(=O)NC(C)(C)C)C2)ccc1N. The van der Waals surface area contributed by atoms with Crippen molar-refractivity contribution in [2.24, 2.45) is 0 Å². The number of piperidine rings is 1. The van der Waals surface area contributed by atoms with Crippen LogP contribution in [0.1, 0.15) is 33.6 Å². The smallest absolute Gasteiger partial charge is 0.407 e. The lowest BCUT2D eigenvalue weighted by molar-refractivity contribution is 0.0826. The Morgan fingerprint density at radius 1 is 1.39 bits per heavy atom. The number of hydrogen-bond acceptors (Lipinski definition) is 5. The third-order valence-electron chi connectivity index (χ3n) is 3.71. The average molecular weight is 321 g/mol. The Balaban J connectivity index is 1.99. The molecule has 6 nitrogen and oxygen atoms in total. The van der Waals surface area contributed by atoms with E-state index in [0.29, 0.717) is 18.0 Å². The van der Waals surface area contributed by atoms with E-state index in [4.69, 9.17) is 15.2 Å². The standard InChI is InChI=1S/C17H27N3O3/c1-17(2,3)19-16(21)23-13-6-5-9-20(11-13)12-7-8-14(18)15(10-12)22-4/h7-8,10,13H,5-6,9,11,18H2,1-4H3,(H,19,21)/t13-/m1/s1. The van der Waals surface area contributed by atoms with Crippen molar-refractivity contribution in [3.05, 3.63) is 18.2 Å². The fourth-order valence-electron chi connectivity index (χ4n) is 2.65. The van der Waals surface area contributed by atoms with Gasteiger partial charge in [-0.15, -0.1) is 0 Å². The summed E-state index contributed by atoms with van der Waals surface area (Å²) in [5, 5.41) is 2.83. The number of benzene rings is 1. The first-order valence-corrected chi connectivity index (χ1v) is 7.96. The molecule has 128 valence electrons. The van der Waals surface area contributed by atoms with Crippen LogP contribution in [-0.4, -0.2) is 37.9 Å². The van der Waals surface area contributed by atoms with E-state index >= 15 is 0 Å². The fourth-order valence-corrected chi connectivity index (χ4v) is 2.65. The molecule has 1 atom stereocenters. The summed E-state index contributed by atoms with van der Waals surface area (Å²) in [5.74, 6) is 0.663. The summed E-state index contributed by atoms with van der Waals surface area (Å²) in [7, 11) is 1.61. The number of carbonyl (C=O) groups excluding carboxylic acids is 1. The van der Waals surface area contributed by atoms with Crippen LogP contribution in [-0.2, 0) is 4.74 Å². The van der Waals surface area contributed by atoms with Crippen molar-refractivity contribution in [2.45, 2.75) is 45.3 Å². The Hall–Kier alpha value is -2.11. The third-order valence-corrected chi connectivity index (χ3v) is 3.71. The predicted molar refractivity (Wildman–Crippen MR) is 92.0 cm³/mol. The number of nitrogens with one attached hydrogen (secondary N) is 1. The van der Waals surface area contributed by atoms with Gasteiger partial charge in [0.05, 0.1) is 19.3 Å². The van der Waals surface area contributed by atoms with Gasteiger partial charge in [-0.25, -0.2) is 4.79 Å². The molecule has 1 fully saturated rings. The van der Waals surface area contributed by atoms with E-state index in [0.717, 1.165) is 25.1 Å². The van der Waals surface area contributed by atoms with E-state index in [1.165, 1.54) is 0 Å². The summed E-state index contributed by atoms with van der Waals surface area (Å²) >= 11 is 0. The highest BCUT2D eigenvalue weighted by atomic mass is 16.6. The molecule has 0 bridgehead atoms. The molecule has 0 spiro atoms. The maximum absolute atomic E-state index is 11.9. The highest BCUT2D eigenvalue weighted by Crippen LogP contribution is 2.29. The summed E-state index contributed by atoms with van der Waals surface area (Å²) in [6, 6.07) is 5.73. The molecule has 1 aliphatic rings. The zero-order valence-corrected chi connectivity index (χ0v) is 14.4. The minimum Gasteiger partial charge on any atom is -0.495 e. The number of alkyl carbamates (subject to hydrolysis) is 1. The third kappa shape index (κ3) is 4.94. The number of hydrogen-bond donors (Lipinski definition) is 2. The number of amides is 1. The van der Waals surface area contributed by atoms with Crippen molar-refractivity contribution < 1.29 is 14.3 Å². The number of anilines is 2. The monoisotopic (exact) mass is 321 g/mol. The van der Waals surface area contributed by atoms with Crippen LogP contribution in [0.25, 0.3) is 0 Å². The van der Waals surface area contributed by atoms with Gasteiger partial charge in [-0.1, -0.05) is 0 Å². The minimum absolute atomic E-state index is 0.116. The van der Waals surface area contributed by atoms with Crippen LogP contribution >= 0.6 is 0 Å². The van der Waals surface area contributed by atoms with Crippen molar-refractivity contribution in [1.82, 2.24) is 5.32 Å². The topological polar surface area (TPSA) is 76.8 Å². The predicted octanol–water partition coefficient (Wildman–Crippen LogP) is 2.77. The lowest BCUT2D eigenvalue weighted by atomic mass is 10.1. The molecule has 1 saturated heterocycles. The van der Waals surface area contributed by atoms with Crippen LogP contribution in [0.4, 0.5) is 16.2 Å². The largest absolute Gasteiger partial charge is 0.495 e. The van der Waals surface area contributed by atoms with Gasteiger partial charge in [0.25, 0.3) is 0 Å². The van der Waals surface area contributed by atoms with Gasteiger partial charge >= 0.3 is 6.09 Å². The number of nitrogen functional groups attached to an aromatic ring is 1. The Bertz CT molecular complexity index is 555. The second-order valence-corrected chi connectivity index (χ2v) is 6.92. The Morgan fingerprint density at radius 2 is 2.13 bits per heavy atom. The summed E-state index contributed by atoms with van der Waals surface area (Å²) < 4.78 is 10.8. The number of methoxy groups -OCH3 is 1. The molecule has 1 aromatic rings. The van der Waals surface area contributed by atoms with Gasteiger partial charge in [-0.3, -0.25) is 0 Å². The summed E-state index contributed by atoms with van der Waals surface area (Å²) in [4.78, 5) is 14.1. The van der Waals surface area contributed by atoms with Crippen LogP contribution in [0.3, 0.4) is 0 Å². The number of nitrogens with zero attached hydrogens (tertiary/aromatic N) is 1. The first-order chi connectivity index (χ1) is 10.8. The molecule has 1 amide bonds. The quantitative estimate of drug-likeness (QED) is 0.837. The molecule has 6 heteroatoms. The second kappa shape index (κ2) is 6.98. The zero-order valence-electron chi connectivity index (χ0n) is 14.4. The van der Waals surface area contributed by atoms with Crippen molar-refractivity contribution >= 4 is 17.5 Å². The Labute approximate surface area is 137 Å². The molecule has 0 radical (unpaired) electrons. The molecule has 0 saturated carbocycles. The van der Waals surface area contributed by atoms with Crippen LogP contribution in [0.2, 0.25) is 0 Å². The maximum atomic E-state index is 11.9. The number of nitrogens with two attached hydrogens (primary N) is 1. The molecule has 2 rings (SSSR count). The normalized spacial score (nSPS) is 18.4. The molecule has 23 heavy (non-hydrogen) atoms. The summed E-state index contributed by atoms with van der Waals surface area (Å²) in [5.41, 5.74) is 7.21. The lowest BCUT2D eigenvalue weighted by Crippen LogP contribution is -2.46. The molecule has 0 unspecified atom stereocenters. The highest BCUT2D eigenvalue weighted by molar-refractivity contribution is 5.68. The molecule has 1 aromatic carbocycles. The molecule has 1 aliphatic heterocycles. The second-order valence-electron chi connectivity index (χ2n) is 6.92. The number of carbonyl (C=O) groups is 1. The van der Waals surface area contributed by atoms with Crippen molar-refractivity contribution in [3.63, 3.8) is 0 Å². The first-order valence-electron chi connectivity index (χ1n) is 7.96. The Morgan fingerprint density at radius 3 is 2.78 bits per heavy atom. The van der Waals surface area contributed by atoms with Crippen molar-refractivity contribution in [1.29, 1.82) is 0 Å². The van der Waals surface area contributed by atoms with Gasteiger partial charge in [-0.2, -0.15) is 0 Å². The first kappa shape index (κ1) is 17.2. The molecule has 1 heterocycles. The van der Waals surface area contributed by atoms with E-state index in [2.05, 4.69) is 10.2 Å². The van der Waals surface area contributed by atoms with E-state index < -0.39 is 0 Å². The van der Waals surface area contributed by atoms with Crippen LogP contribution in [0, 0.1) is 0 Å². The Kier molecular flexibility index (Phi) is 5.23. The maximum Gasteiger partial charge on any atom is 0.407 e. The van der Waals surface area contributed by atoms with Gasteiger partial charge in [-0.05, 0) is 45.7 Å². The number of rotatable bonds is 3. The van der Waals surface area contributed by atoms with Crippen molar-refractivity contribution in [2.75, 3.05) is 30.8 Å². The van der Waals surface area contributed by atoms with E-state index in [9.17, 15) is 4.79 Å². The van der Waals surface area contributed by atoms with Crippen LogP contribution in [0.15, 0.2) is 18.2 Å². The van der Waals surface area contributed by atoms with Gasteiger partial charge in [0.2, 0.25) is 0 Å². The molecule has 0 aromatic heterocycles. The summed E-state index contributed by atoms with van der Waals surface area (Å²) in [6.07, 6.45) is 1.37. The fraction of sp³-hybridized carbons (Fsp3) is 0.588. The van der Waals surface area contributed by atoms with Gasteiger partial charge in [0.15, 0.2) is 0 Å². The summed E-state index contributed by atoms with van der Waals surface area (Å²) in [6.45, 7) is 7.39. The molecular formula is C17H27N3O3. The minimum atomic E-state index is -0.362. The molecule has 0 aliphatic carbocycles. The van der Waals surface area contributed by atoms with E-state index in [-0.39, 0.29) is 17.7 Å². The van der Waals surface area contributed by atoms with E-state index in [1.54, 1.807) is 7.11 Å². The number of ether oxygens (including phenoxy) is 2. The van der Waals surface area contributed by atoms with Gasteiger partial charge in [0, 0.05) is 23.8 Å². The zero-order chi connectivity index (χ0) is 17.0. The van der Waals surface area contributed by atoms with Crippen LogP contribution < -0.4 is 20.7 Å². The average Bonchev–Trinajstić information content (AvgIpc) is 2.46. The van der Waals surface area contributed by atoms with Gasteiger partial charge < -0.3 is 25.4 Å². The lowest BCUT2D eigenvalue weighted by Gasteiger charge is -2.34. The molecule has 3 N–H and O–H groups in total. The molecular weight excluding hydrogens is 294 g/mol. The van der Waals surface area contributed by atoms with Crippen molar-refractivity contribution in [3.8, 4) is 5.75 Å². The highest BCUT2D eigenvalue weighted by Gasteiger charge is 2.25. The van der Waals surface area contributed by atoms with Crippen LogP contribution in [0.5, 0.6) is 5.75 Å².